The second-order valence-electron chi connectivity index (χ2n) is 4.96. The summed E-state index contributed by atoms with van der Waals surface area (Å²) in [4.78, 5) is 0. The predicted molar refractivity (Wildman–Crippen MR) is 82.9 cm³/mol. The Kier molecular flexibility index (Phi) is 3.03. The molecule has 0 radical (unpaired) electrons. The quantitative estimate of drug-likeness (QED) is 0.765. The number of hydrogen-bond donors (Lipinski definition) is 1. The van der Waals surface area contributed by atoms with E-state index >= 15 is 0 Å². The van der Waals surface area contributed by atoms with Crippen molar-refractivity contribution < 1.29 is 0 Å². The van der Waals surface area contributed by atoms with E-state index in [0.717, 1.165) is 22.5 Å². The zero-order valence-electron chi connectivity index (χ0n) is 11.7. The third-order valence-electron chi connectivity index (χ3n) is 3.44. The summed E-state index contributed by atoms with van der Waals surface area (Å²) in [5.74, 6) is 0.678. The monoisotopic (exact) mass is 263 g/mol. The maximum atomic E-state index is 6.31. The molecule has 0 spiro atoms. The van der Waals surface area contributed by atoms with Crippen LogP contribution < -0.4 is 5.73 Å². The maximum absolute atomic E-state index is 6.31. The molecule has 0 bridgehead atoms. The molecular formula is C17H17N3. The van der Waals surface area contributed by atoms with E-state index in [9.17, 15) is 0 Å². The second-order valence-corrected chi connectivity index (χ2v) is 4.96. The van der Waals surface area contributed by atoms with Crippen molar-refractivity contribution in [2.75, 3.05) is 5.73 Å². The fraction of sp³-hybridized carbons (Fsp3) is 0.118. The van der Waals surface area contributed by atoms with Gasteiger partial charge >= 0.3 is 0 Å². The van der Waals surface area contributed by atoms with Gasteiger partial charge in [0.25, 0.3) is 0 Å². The van der Waals surface area contributed by atoms with Crippen LogP contribution in [0.5, 0.6) is 0 Å². The summed E-state index contributed by atoms with van der Waals surface area (Å²) in [5, 5.41) is 4.57. The summed E-state index contributed by atoms with van der Waals surface area (Å²) < 4.78 is 1.80. The van der Waals surface area contributed by atoms with Crippen LogP contribution in [0.2, 0.25) is 0 Å². The van der Waals surface area contributed by atoms with Gasteiger partial charge in [-0.15, -0.1) is 0 Å². The van der Waals surface area contributed by atoms with E-state index in [4.69, 9.17) is 5.73 Å². The lowest BCUT2D eigenvalue weighted by Gasteiger charge is -2.05. The number of para-hydroxylation sites is 1. The number of nitrogen functional groups attached to an aromatic ring is 1. The Morgan fingerprint density at radius 1 is 0.900 bits per heavy atom. The molecule has 100 valence electrons. The molecule has 1 heterocycles. The first-order chi connectivity index (χ1) is 9.66. The summed E-state index contributed by atoms with van der Waals surface area (Å²) >= 11 is 0. The van der Waals surface area contributed by atoms with Crippen molar-refractivity contribution in [2.24, 2.45) is 0 Å². The average molecular weight is 263 g/mol. The van der Waals surface area contributed by atoms with Gasteiger partial charge in [-0.25, -0.2) is 4.68 Å². The average Bonchev–Trinajstić information content (AvgIpc) is 2.76. The predicted octanol–water partition coefficient (Wildman–Crippen LogP) is 3.74. The number of nitrogens with two attached hydrogens (primary N) is 1. The molecule has 0 amide bonds. The van der Waals surface area contributed by atoms with Crippen LogP contribution in [0.4, 0.5) is 5.82 Å². The molecule has 0 unspecified atom stereocenters. The Hall–Kier alpha value is -2.55. The zero-order chi connectivity index (χ0) is 14.1. The lowest BCUT2D eigenvalue weighted by molar-refractivity contribution is 0.872. The van der Waals surface area contributed by atoms with Crippen molar-refractivity contribution in [3.63, 3.8) is 0 Å². The van der Waals surface area contributed by atoms with Crippen LogP contribution in [0.25, 0.3) is 16.8 Å². The molecule has 3 nitrogen and oxygen atoms in total. The van der Waals surface area contributed by atoms with Crippen molar-refractivity contribution >= 4 is 5.82 Å². The topological polar surface area (TPSA) is 43.8 Å². The Morgan fingerprint density at radius 3 is 2.20 bits per heavy atom. The first-order valence-corrected chi connectivity index (χ1v) is 6.64. The van der Waals surface area contributed by atoms with Gasteiger partial charge in [-0.3, -0.25) is 0 Å². The Balaban J connectivity index is 2.14. The first-order valence-electron chi connectivity index (χ1n) is 6.64. The molecule has 0 atom stereocenters. The van der Waals surface area contributed by atoms with E-state index in [-0.39, 0.29) is 0 Å². The number of hydrogen-bond acceptors (Lipinski definition) is 2. The number of aromatic nitrogens is 2. The molecule has 3 rings (SSSR count). The maximum Gasteiger partial charge on any atom is 0.135 e. The number of nitrogens with zero attached hydrogens (tertiary/aromatic N) is 2. The SMILES string of the molecule is Cc1ccc(-c2c(C)nn(-c3ccccc3)c2N)cc1. The minimum atomic E-state index is 0.678. The van der Waals surface area contributed by atoms with E-state index in [1.165, 1.54) is 5.56 Å². The van der Waals surface area contributed by atoms with Gasteiger partial charge in [-0.05, 0) is 31.5 Å². The number of anilines is 1. The fourth-order valence-corrected chi connectivity index (χ4v) is 2.39. The second kappa shape index (κ2) is 4.85. The van der Waals surface area contributed by atoms with Crippen molar-refractivity contribution in [3.8, 4) is 16.8 Å². The van der Waals surface area contributed by atoms with Crippen LogP contribution in [-0.2, 0) is 0 Å². The van der Waals surface area contributed by atoms with E-state index in [0.29, 0.717) is 5.82 Å². The van der Waals surface area contributed by atoms with Crippen LogP contribution in [0.15, 0.2) is 54.6 Å². The first kappa shape index (κ1) is 12.5. The number of benzene rings is 2. The Labute approximate surface area is 118 Å². The molecule has 0 saturated carbocycles. The fourth-order valence-electron chi connectivity index (χ4n) is 2.39. The summed E-state index contributed by atoms with van der Waals surface area (Å²) in [6, 6.07) is 18.3. The van der Waals surface area contributed by atoms with Gasteiger partial charge in [-0.2, -0.15) is 5.10 Å². The molecule has 0 aliphatic carbocycles. The van der Waals surface area contributed by atoms with Gasteiger partial charge in [0.15, 0.2) is 0 Å². The highest BCUT2D eigenvalue weighted by Gasteiger charge is 2.15. The molecule has 1 aromatic heterocycles. The van der Waals surface area contributed by atoms with E-state index in [1.54, 1.807) is 4.68 Å². The molecule has 0 aliphatic rings. The molecule has 0 saturated heterocycles. The summed E-state index contributed by atoms with van der Waals surface area (Å²) in [6.07, 6.45) is 0. The van der Waals surface area contributed by atoms with Gasteiger partial charge < -0.3 is 5.73 Å². The van der Waals surface area contributed by atoms with Crippen molar-refractivity contribution in [1.29, 1.82) is 0 Å². The van der Waals surface area contributed by atoms with Crippen LogP contribution in [0, 0.1) is 13.8 Å². The number of aryl methyl sites for hydroxylation is 2. The summed E-state index contributed by atoms with van der Waals surface area (Å²) in [7, 11) is 0. The van der Waals surface area contributed by atoms with Crippen LogP contribution in [-0.4, -0.2) is 9.78 Å². The van der Waals surface area contributed by atoms with Gasteiger partial charge in [0.05, 0.1) is 11.4 Å². The highest BCUT2D eigenvalue weighted by atomic mass is 15.3. The lowest BCUT2D eigenvalue weighted by Crippen LogP contribution is -2.01. The third kappa shape index (κ3) is 2.07. The zero-order valence-corrected chi connectivity index (χ0v) is 11.7. The third-order valence-corrected chi connectivity index (χ3v) is 3.44. The standard InChI is InChI=1S/C17H17N3/c1-12-8-10-14(11-9-12)16-13(2)19-20(17(16)18)15-6-4-3-5-7-15/h3-11H,18H2,1-2H3. The van der Waals surface area contributed by atoms with E-state index in [2.05, 4.69) is 36.3 Å². The van der Waals surface area contributed by atoms with E-state index < -0.39 is 0 Å². The van der Waals surface area contributed by atoms with Gasteiger partial charge in [0.2, 0.25) is 0 Å². The lowest BCUT2D eigenvalue weighted by atomic mass is 10.0. The Morgan fingerprint density at radius 2 is 1.55 bits per heavy atom. The van der Waals surface area contributed by atoms with Crippen molar-refractivity contribution in [3.05, 3.63) is 65.9 Å². The molecular weight excluding hydrogens is 246 g/mol. The summed E-state index contributed by atoms with van der Waals surface area (Å²) in [6.45, 7) is 4.07. The highest BCUT2D eigenvalue weighted by molar-refractivity contribution is 5.77. The van der Waals surface area contributed by atoms with Crippen LogP contribution in [0.3, 0.4) is 0 Å². The largest absolute Gasteiger partial charge is 0.383 e. The van der Waals surface area contributed by atoms with Crippen LogP contribution >= 0.6 is 0 Å². The molecule has 20 heavy (non-hydrogen) atoms. The molecule has 3 heteroatoms. The smallest absolute Gasteiger partial charge is 0.135 e. The van der Waals surface area contributed by atoms with Gasteiger partial charge in [0, 0.05) is 5.56 Å². The highest BCUT2D eigenvalue weighted by Crippen LogP contribution is 2.31. The molecule has 2 aromatic carbocycles. The van der Waals surface area contributed by atoms with Gasteiger partial charge in [-0.1, -0.05) is 48.0 Å². The van der Waals surface area contributed by atoms with Gasteiger partial charge in [0.1, 0.15) is 5.82 Å². The molecule has 0 fully saturated rings. The van der Waals surface area contributed by atoms with E-state index in [1.807, 2.05) is 37.3 Å². The number of rotatable bonds is 2. The van der Waals surface area contributed by atoms with Crippen molar-refractivity contribution in [2.45, 2.75) is 13.8 Å². The minimum Gasteiger partial charge on any atom is -0.383 e. The summed E-state index contributed by atoms with van der Waals surface area (Å²) in [5.41, 5.74) is 11.6. The molecule has 2 N–H and O–H groups in total. The Bertz CT molecular complexity index is 725. The minimum absolute atomic E-state index is 0.678. The van der Waals surface area contributed by atoms with Crippen LogP contribution in [0.1, 0.15) is 11.3 Å². The normalized spacial score (nSPS) is 10.7. The molecule has 3 aromatic rings. The van der Waals surface area contributed by atoms with Crippen molar-refractivity contribution in [1.82, 2.24) is 9.78 Å². The molecule has 0 aliphatic heterocycles.